The number of nitrogens with zero attached hydrogens (tertiary/aromatic N) is 1. The number of nitro benzene ring substituents is 1. The van der Waals surface area contributed by atoms with Crippen LogP contribution >= 0.6 is 0 Å². The molecule has 7 nitrogen and oxygen atoms in total. The number of aromatic hydroxyl groups is 1. The maximum absolute atomic E-state index is 12.5. The van der Waals surface area contributed by atoms with Crippen molar-refractivity contribution in [1.82, 2.24) is 0 Å². The van der Waals surface area contributed by atoms with E-state index in [9.17, 15) is 20.0 Å². The summed E-state index contributed by atoms with van der Waals surface area (Å²) in [4.78, 5) is 22.7. The zero-order valence-corrected chi connectivity index (χ0v) is 13.8. The van der Waals surface area contributed by atoms with Gasteiger partial charge in [0.25, 0.3) is 5.69 Å². The molecule has 2 aromatic carbocycles. The maximum Gasteiger partial charge on any atom is 0.330 e. The smallest absolute Gasteiger partial charge is 0.330 e. The van der Waals surface area contributed by atoms with Crippen LogP contribution in [-0.2, 0) is 6.61 Å². The Morgan fingerprint density at radius 1 is 1.12 bits per heavy atom. The van der Waals surface area contributed by atoms with E-state index in [4.69, 9.17) is 9.15 Å². The summed E-state index contributed by atoms with van der Waals surface area (Å²) in [5.41, 5.74) is 0.928. The minimum Gasteiger partial charge on any atom is -0.479 e. The third kappa shape index (κ3) is 3.41. The van der Waals surface area contributed by atoms with E-state index in [1.54, 1.807) is 0 Å². The molecule has 7 heteroatoms. The van der Waals surface area contributed by atoms with Crippen molar-refractivity contribution in [3.63, 3.8) is 0 Å². The second-order valence-electron chi connectivity index (χ2n) is 5.60. The van der Waals surface area contributed by atoms with Crippen molar-refractivity contribution < 1.29 is 19.2 Å². The molecule has 0 bridgehead atoms. The molecule has 0 radical (unpaired) electrons. The van der Waals surface area contributed by atoms with Gasteiger partial charge >= 0.3 is 5.95 Å². The predicted octanol–water partition coefficient (Wildman–Crippen LogP) is 3.81. The zero-order valence-electron chi connectivity index (χ0n) is 13.8. The van der Waals surface area contributed by atoms with E-state index in [1.165, 1.54) is 31.2 Å². The van der Waals surface area contributed by atoms with E-state index < -0.39 is 16.3 Å². The summed E-state index contributed by atoms with van der Waals surface area (Å²) >= 11 is 0. The fraction of sp³-hybridized carbons (Fsp3) is 0.105. The van der Waals surface area contributed by atoms with Crippen molar-refractivity contribution >= 4 is 5.69 Å². The minimum absolute atomic E-state index is 0.0826. The first-order valence-corrected chi connectivity index (χ1v) is 7.75. The molecule has 3 aromatic rings. The molecule has 3 rings (SSSR count). The summed E-state index contributed by atoms with van der Waals surface area (Å²) in [7, 11) is 0. The summed E-state index contributed by atoms with van der Waals surface area (Å²) < 4.78 is 10.8. The van der Waals surface area contributed by atoms with E-state index in [0.717, 1.165) is 5.56 Å². The third-order valence-corrected chi connectivity index (χ3v) is 3.85. The maximum atomic E-state index is 12.5. The van der Waals surface area contributed by atoms with Gasteiger partial charge < -0.3 is 14.3 Å². The first kappa shape index (κ1) is 17.2. The lowest BCUT2D eigenvalue weighted by Gasteiger charge is -2.10. The molecule has 0 aliphatic heterocycles. The van der Waals surface area contributed by atoms with Gasteiger partial charge in [-0.3, -0.25) is 14.9 Å². The number of non-ortho nitro benzene ring substituents is 1. The van der Waals surface area contributed by atoms with Crippen LogP contribution in [0.2, 0.25) is 0 Å². The van der Waals surface area contributed by atoms with Crippen LogP contribution in [0, 0.1) is 17.0 Å². The summed E-state index contributed by atoms with van der Waals surface area (Å²) in [6, 6.07) is 14.7. The predicted molar refractivity (Wildman–Crippen MR) is 94.2 cm³/mol. The molecular weight excluding hydrogens is 338 g/mol. The lowest BCUT2D eigenvalue weighted by Crippen LogP contribution is -2.12. The van der Waals surface area contributed by atoms with E-state index in [2.05, 4.69) is 0 Å². The summed E-state index contributed by atoms with van der Waals surface area (Å²) in [6.45, 7) is 1.65. The molecule has 1 aromatic heterocycles. The molecule has 0 aliphatic rings. The summed E-state index contributed by atoms with van der Waals surface area (Å²) in [5.74, 6) is -0.767. The second-order valence-corrected chi connectivity index (χ2v) is 5.60. The summed E-state index contributed by atoms with van der Waals surface area (Å²) in [5, 5.41) is 20.8. The number of hydrogen-bond acceptors (Lipinski definition) is 6. The second kappa shape index (κ2) is 7.10. The molecule has 0 spiro atoms. The highest BCUT2D eigenvalue weighted by atomic mass is 16.6. The number of rotatable bonds is 5. The number of ether oxygens (including phenoxy) is 1. The fourth-order valence-corrected chi connectivity index (χ4v) is 2.46. The molecule has 1 N–H and O–H groups in total. The van der Waals surface area contributed by atoms with Gasteiger partial charge in [0.1, 0.15) is 12.4 Å². The molecule has 132 valence electrons. The minimum atomic E-state index is -0.634. The Bertz CT molecular complexity index is 993. The molecule has 0 fully saturated rings. The highest BCUT2D eigenvalue weighted by Gasteiger charge is 2.19. The van der Waals surface area contributed by atoms with Crippen LogP contribution in [0.4, 0.5) is 5.69 Å². The highest BCUT2D eigenvalue weighted by Crippen LogP contribution is 2.32. The van der Waals surface area contributed by atoms with Gasteiger partial charge in [-0.25, -0.2) is 0 Å². The van der Waals surface area contributed by atoms with Crippen molar-refractivity contribution in [3.05, 3.63) is 86.1 Å². The highest BCUT2D eigenvalue weighted by molar-refractivity contribution is 5.63. The molecule has 0 unspecified atom stereocenters. The van der Waals surface area contributed by atoms with Crippen molar-refractivity contribution in [2.24, 2.45) is 0 Å². The van der Waals surface area contributed by atoms with Crippen LogP contribution in [0.1, 0.15) is 11.1 Å². The van der Waals surface area contributed by atoms with Crippen molar-refractivity contribution in [2.45, 2.75) is 13.5 Å². The molecule has 26 heavy (non-hydrogen) atoms. The van der Waals surface area contributed by atoms with E-state index >= 15 is 0 Å². The van der Waals surface area contributed by atoms with Crippen molar-refractivity contribution in [1.29, 1.82) is 0 Å². The quantitative estimate of drug-likeness (QED) is 0.553. The molecule has 0 amide bonds. The molecule has 0 saturated carbocycles. The van der Waals surface area contributed by atoms with Crippen LogP contribution in [0.15, 0.2) is 63.8 Å². The van der Waals surface area contributed by atoms with E-state index in [-0.39, 0.29) is 29.4 Å². The van der Waals surface area contributed by atoms with Gasteiger partial charge in [-0.2, -0.15) is 0 Å². The first-order chi connectivity index (χ1) is 12.5. The normalized spacial score (nSPS) is 10.5. The Hall–Kier alpha value is -3.61. The van der Waals surface area contributed by atoms with Crippen LogP contribution < -0.4 is 10.2 Å². The van der Waals surface area contributed by atoms with Crippen molar-refractivity contribution in [2.75, 3.05) is 0 Å². The first-order valence-electron chi connectivity index (χ1n) is 7.75. The number of hydrogen-bond donors (Lipinski definition) is 1. The van der Waals surface area contributed by atoms with Crippen LogP contribution in [-0.4, -0.2) is 10.0 Å². The van der Waals surface area contributed by atoms with Crippen molar-refractivity contribution in [3.8, 4) is 23.0 Å². The Morgan fingerprint density at radius 3 is 2.38 bits per heavy atom. The van der Waals surface area contributed by atoms with Crippen LogP contribution in [0.5, 0.6) is 11.7 Å². The number of nitro groups is 1. The van der Waals surface area contributed by atoms with Crippen LogP contribution in [0.3, 0.4) is 0 Å². The average molecular weight is 353 g/mol. The standard InChI is InChI=1S/C19H15NO6/c1-12-16(21)18(25-11-13-5-3-2-4-6-13)19(22)26-17(12)14-7-9-15(10-8-14)20(23)24/h2-10,22H,11H2,1H3. The largest absolute Gasteiger partial charge is 0.479 e. The van der Waals surface area contributed by atoms with Gasteiger partial charge in [0, 0.05) is 23.3 Å². The molecule has 0 aliphatic carbocycles. The van der Waals surface area contributed by atoms with E-state index in [0.29, 0.717) is 5.56 Å². The lowest BCUT2D eigenvalue weighted by atomic mass is 10.1. The average Bonchev–Trinajstić information content (AvgIpc) is 2.65. The van der Waals surface area contributed by atoms with Gasteiger partial charge in [-0.05, 0) is 24.6 Å². The van der Waals surface area contributed by atoms with Gasteiger partial charge in [0.05, 0.1) is 4.92 Å². The van der Waals surface area contributed by atoms with Gasteiger partial charge in [-0.1, -0.05) is 30.3 Å². The topological polar surface area (TPSA) is 103 Å². The van der Waals surface area contributed by atoms with Crippen LogP contribution in [0.25, 0.3) is 11.3 Å². The lowest BCUT2D eigenvalue weighted by molar-refractivity contribution is -0.384. The molecule has 0 saturated heterocycles. The molecular formula is C19H15NO6. The Labute approximate surface area is 148 Å². The SMILES string of the molecule is Cc1c(-c2ccc([N+](=O)[O-])cc2)oc(O)c(OCc2ccccc2)c1=O. The van der Waals surface area contributed by atoms with E-state index in [1.807, 2.05) is 30.3 Å². The van der Waals surface area contributed by atoms with Gasteiger partial charge in [-0.15, -0.1) is 0 Å². The molecule has 0 atom stereocenters. The Kier molecular flexibility index (Phi) is 4.70. The number of benzene rings is 2. The van der Waals surface area contributed by atoms with Gasteiger partial charge in [0.2, 0.25) is 11.2 Å². The Balaban J connectivity index is 1.92. The fourth-order valence-electron chi connectivity index (χ4n) is 2.46. The Morgan fingerprint density at radius 2 is 1.77 bits per heavy atom. The third-order valence-electron chi connectivity index (χ3n) is 3.85. The van der Waals surface area contributed by atoms with Gasteiger partial charge in [0.15, 0.2) is 0 Å². The zero-order chi connectivity index (χ0) is 18.7. The monoisotopic (exact) mass is 353 g/mol. The summed E-state index contributed by atoms with van der Waals surface area (Å²) in [6.07, 6.45) is 0. The molecule has 1 heterocycles.